The van der Waals surface area contributed by atoms with Crippen LogP contribution in [0, 0.1) is 0 Å². The van der Waals surface area contributed by atoms with Crippen LogP contribution < -0.4 is 20.1 Å². The van der Waals surface area contributed by atoms with E-state index in [2.05, 4.69) is 22.5 Å². The van der Waals surface area contributed by atoms with Crippen LogP contribution in [0.1, 0.15) is 32.3 Å². The maximum Gasteiger partial charge on any atom is 0.191 e. The first-order chi connectivity index (χ1) is 12.0. The molecule has 2 rings (SSSR count). The molecule has 25 heavy (non-hydrogen) atoms. The summed E-state index contributed by atoms with van der Waals surface area (Å²) >= 11 is 8.36. The summed E-state index contributed by atoms with van der Waals surface area (Å²) in [6.07, 6.45) is 2.53. The predicted octanol–water partition coefficient (Wildman–Crippen LogP) is 3.70. The first kappa shape index (κ1) is 20.0. The molecule has 7 heteroatoms. The topological polar surface area (TPSA) is 54.9 Å². The molecule has 0 amide bonds. The first-order valence-electron chi connectivity index (χ1n) is 8.59. The van der Waals surface area contributed by atoms with E-state index in [0.717, 1.165) is 18.1 Å². The molecule has 0 saturated carbocycles. The van der Waals surface area contributed by atoms with E-state index in [0.29, 0.717) is 34.4 Å². The molecule has 0 aliphatic carbocycles. The van der Waals surface area contributed by atoms with E-state index in [-0.39, 0.29) is 0 Å². The van der Waals surface area contributed by atoms with Gasteiger partial charge in [-0.1, -0.05) is 11.6 Å². The summed E-state index contributed by atoms with van der Waals surface area (Å²) in [7, 11) is 3.40. The van der Waals surface area contributed by atoms with E-state index in [1.165, 1.54) is 18.6 Å². The lowest BCUT2D eigenvalue weighted by Crippen LogP contribution is -2.43. The van der Waals surface area contributed by atoms with Crippen LogP contribution in [0.3, 0.4) is 0 Å². The molecule has 0 radical (unpaired) electrons. The Bertz CT molecular complexity index is 604. The molecule has 1 aromatic carbocycles. The minimum Gasteiger partial charge on any atom is -0.493 e. The van der Waals surface area contributed by atoms with Gasteiger partial charge < -0.3 is 20.1 Å². The molecular formula is C18H28ClN3O2S. The van der Waals surface area contributed by atoms with Gasteiger partial charge in [0.15, 0.2) is 17.5 Å². The third-order valence-corrected chi connectivity index (χ3v) is 6.01. The monoisotopic (exact) mass is 385 g/mol. The molecule has 1 fully saturated rings. The van der Waals surface area contributed by atoms with Crippen LogP contribution >= 0.6 is 23.4 Å². The zero-order chi connectivity index (χ0) is 18.3. The van der Waals surface area contributed by atoms with Gasteiger partial charge in [-0.25, -0.2) is 0 Å². The third kappa shape index (κ3) is 5.61. The quantitative estimate of drug-likeness (QED) is 0.553. The van der Waals surface area contributed by atoms with Gasteiger partial charge in [0.2, 0.25) is 0 Å². The van der Waals surface area contributed by atoms with Gasteiger partial charge in [-0.15, -0.1) is 0 Å². The van der Waals surface area contributed by atoms with E-state index in [9.17, 15) is 0 Å². The van der Waals surface area contributed by atoms with Crippen LogP contribution in [0.15, 0.2) is 17.1 Å². The number of halogens is 1. The number of aliphatic imine (C=N–C) groups is 1. The Morgan fingerprint density at radius 3 is 2.80 bits per heavy atom. The molecule has 0 aromatic heterocycles. The fourth-order valence-corrected chi connectivity index (χ4v) is 4.35. The molecule has 1 aliphatic heterocycles. The van der Waals surface area contributed by atoms with Gasteiger partial charge >= 0.3 is 0 Å². The molecule has 0 spiro atoms. The summed E-state index contributed by atoms with van der Waals surface area (Å²) < 4.78 is 11.2. The van der Waals surface area contributed by atoms with E-state index in [4.69, 9.17) is 21.1 Å². The highest BCUT2D eigenvalue weighted by Gasteiger charge is 2.29. The van der Waals surface area contributed by atoms with Crippen molar-refractivity contribution < 1.29 is 9.47 Å². The normalized spacial score (nSPS) is 20.4. The zero-order valence-electron chi connectivity index (χ0n) is 15.4. The van der Waals surface area contributed by atoms with Crippen molar-refractivity contribution >= 4 is 29.3 Å². The molecule has 1 saturated heterocycles. The number of nitrogens with one attached hydrogen (secondary N) is 2. The first-order valence-corrected chi connectivity index (χ1v) is 9.95. The molecule has 1 heterocycles. The number of methoxy groups -OCH3 is 1. The highest BCUT2D eigenvalue weighted by molar-refractivity contribution is 8.00. The van der Waals surface area contributed by atoms with Gasteiger partial charge in [0, 0.05) is 24.9 Å². The minimum absolute atomic E-state index is 0.295. The maximum atomic E-state index is 6.33. The lowest BCUT2D eigenvalue weighted by Gasteiger charge is -2.24. The van der Waals surface area contributed by atoms with Crippen LogP contribution in [0.25, 0.3) is 0 Å². The Morgan fingerprint density at radius 1 is 1.40 bits per heavy atom. The van der Waals surface area contributed by atoms with Gasteiger partial charge in [-0.05, 0) is 50.1 Å². The van der Waals surface area contributed by atoms with Crippen molar-refractivity contribution in [1.82, 2.24) is 10.6 Å². The number of guanidine groups is 1. The second-order valence-electron chi connectivity index (χ2n) is 6.22. The highest BCUT2D eigenvalue weighted by atomic mass is 35.5. The lowest BCUT2D eigenvalue weighted by molar-refractivity contribution is 0.311. The number of hydrogen-bond donors (Lipinski definition) is 2. The predicted molar refractivity (Wildman–Crippen MR) is 107 cm³/mol. The molecule has 0 bridgehead atoms. The Balaban J connectivity index is 1.95. The standard InChI is InChI=1S/C18H28ClN3O2S/c1-5-24-16-14(19)9-13(10-15(16)23-4)11-21-17(20-3)22-12-18(2)7-6-8-25-18/h9-10H,5-8,11-12H2,1-4H3,(H2,20,21,22). The van der Waals surface area contributed by atoms with Crippen molar-refractivity contribution in [3.8, 4) is 11.5 Å². The molecule has 1 atom stereocenters. The summed E-state index contributed by atoms with van der Waals surface area (Å²) in [6, 6.07) is 3.83. The smallest absolute Gasteiger partial charge is 0.191 e. The molecule has 1 aliphatic rings. The Labute approximate surface area is 159 Å². The third-order valence-electron chi connectivity index (χ3n) is 4.19. The van der Waals surface area contributed by atoms with Gasteiger partial charge in [0.1, 0.15) is 0 Å². The summed E-state index contributed by atoms with van der Waals surface area (Å²) in [4.78, 5) is 4.30. The molecule has 1 unspecified atom stereocenters. The van der Waals surface area contributed by atoms with Crippen molar-refractivity contribution in [2.24, 2.45) is 4.99 Å². The van der Waals surface area contributed by atoms with Crippen LogP contribution in [0.4, 0.5) is 0 Å². The SMILES string of the molecule is CCOc1c(Cl)cc(CNC(=NC)NCC2(C)CCCS2)cc1OC. The summed E-state index contributed by atoms with van der Waals surface area (Å²) in [5.41, 5.74) is 1.01. The van der Waals surface area contributed by atoms with E-state index in [1.807, 2.05) is 30.8 Å². The van der Waals surface area contributed by atoms with Crippen LogP contribution in [-0.2, 0) is 6.54 Å². The molecular weight excluding hydrogens is 358 g/mol. The minimum atomic E-state index is 0.295. The molecule has 5 nitrogen and oxygen atoms in total. The van der Waals surface area contributed by atoms with E-state index >= 15 is 0 Å². The van der Waals surface area contributed by atoms with Crippen molar-refractivity contribution in [3.63, 3.8) is 0 Å². The second kappa shape index (κ2) is 9.43. The van der Waals surface area contributed by atoms with Crippen molar-refractivity contribution in [1.29, 1.82) is 0 Å². The van der Waals surface area contributed by atoms with Crippen LogP contribution in [0.5, 0.6) is 11.5 Å². The van der Waals surface area contributed by atoms with Gasteiger partial charge in [-0.2, -0.15) is 11.8 Å². The van der Waals surface area contributed by atoms with E-state index < -0.39 is 0 Å². The number of hydrogen-bond acceptors (Lipinski definition) is 4. The van der Waals surface area contributed by atoms with Crippen LogP contribution in [0.2, 0.25) is 5.02 Å². The van der Waals surface area contributed by atoms with Crippen molar-refractivity contribution in [3.05, 3.63) is 22.7 Å². The lowest BCUT2D eigenvalue weighted by atomic mass is 10.1. The molecule has 140 valence electrons. The number of nitrogens with zero attached hydrogens (tertiary/aromatic N) is 1. The van der Waals surface area contributed by atoms with Gasteiger partial charge in [0.05, 0.1) is 18.7 Å². The Hall–Kier alpha value is -1.27. The van der Waals surface area contributed by atoms with Gasteiger partial charge in [0.25, 0.3) is 0 Å². The fourth-order valence-electron chi connectivity index (χ4n) is 2.81. The second-order valence-corrected chi connectivity index (χ2v) is 8.31. The zero-order valence-corrected chi connectivity index (χ0v) is 17.0. The average Bonchev–Trinajstić information content (AvgIpc) is 3.04. The highest BCUT2D eigenvalue weighted by Crippen LogP contribution is 2.37. The Kier molecular flexibility index (Phi) is 7.56. The largest absolute Gasteiger partial charge is 0.493 e. The number of benzene rings is 1. The van der Waals surface area contributed by atoms with Crippen LogP contribution in [-0.4, -0.2) is 43.8 Å². The number of ether oxygens (including phenoxy) is 2. The molecule has 2 N–H and O–H groups in total. The number of rotatable bonds is 7. The number of thioether (sulfide) groups is 1. The fraction of sp³-hybridized carbons (Fsp3) is 0.611. The van der Waals surface area contributed by atoms with Crippen molar-refractivity contribution in [2.75, 3.05) is 33.1 Å². The summed E-state index contributed by atoms with van der Waals surface area (Å²) in [6.45, 7) is 6.28. The molecule has 1 aromatic rings. The van der Waals surface area contributed by atoms with Crippen molar-refractivity contribution in [2.45, 2.75) is 38.0 Å². The maximum absolute atomic E-state index is 6.33. The summed E-state index contributed by atoms with van der Waals surface area (Å²) in [5.74, 6) is 3.26. The summed E-state index contributed by atoms with van der Waals surface area (Å²) in [5, 5.41) is 7.31. The van der Waals surface area contributed by atoms with E-state index in [1.54, 1.807) is 14.2 Å². The Morgan fingerprint density at radius 2 is 2.20 bits per heavy atom. The van der Waals surface area contributed by atoms with Gasteiger partial charge in [-0.3, -0.25) is 4.99 Å². The average molecular weight is 386 g/mol.